The molecule has 0 saturated carbocycles. The Morgan fingerprint density at radius 2 is 1.69 bits per heavy atom. The van der Waals surface area contributed by atoms with E-state index in [2.05, 4.69) is 0 Å². The number of nitrogens with zero attached hydrogens (tertiary/aromatic N) is 1. The maximum atomic E-state index is 11.7. The van der Waals surface area contributed by atoms with Crippen LogP contribution in [0.2, 0.25) is 0 Å². The first kappa shape index (κ1) is 11.1. The van der Waals surface area contributed by atoms with Crippen LogP contribution in [-0.2, 0) is 4.84 Å². The molecule has 2 amide bonds. The van der Waals surface area contributed by atoms with Gasteiger partial charge in [0.25, 0.3) is 11.8 Å². The van der Waals surface area contributed by atoms with Crippen LogP contribution in [0, 0.1) is 0 Å². The van der Waals surface area contributed by atoms with Crippen LogP contribution in [0.25, 0.3) is 0 Å². The number of hydrogen-bond acceptors (Lipinski definition) is 3. The molecule has 0 aromatic heterocycles. The molecule has 0 radical (unpaired) electrons. The van der Waals surface area contributed by atoms with Crippen molar-refractivity contribution in [1.29, 1.82) is 0 Å². The van der Waals surface area contributed by atoms with E-state index in [1.54, 1.807) is 24.3 Å². The van der Waals surface area contributed by atoms with Crippen molar-refractivity contribution in [3.8, 4) is 0 Å². The Balaban J connectivity index is 2.15. The number of amides is 2. The first-order chi connectivity index (χ1) is 7.75. The molecule has 4 nitrogen and oxygen atoms in total. The fourth-order valence-electron chi connectivity index (χ4n) is 1.49. The number of imide groups is 1. The summed E-state index contributed by atoms with van der Waals surface area (Å²) < 4.78 is 0. The fourth-order valence-corrected chi connectivity index (χ4v) is 1.60. The molecule has 1 aliphatic rings. The van der Waals surface area contributed by atoms with E-state index in [4.69, 9.17) is 16.4 Å². The minimum absolute atomic E-state index is 0.259. The number of carbonyl (C=O) groups is 2. The van der Waals surface area contributed by atoms with Gasteiger partial charge in [-0.3, -0.25) is 14.4 Å². The summed E-state index contributed by atoms with van der Waals surface area (Å²) in [6.07, 6.45) is 0.592. The van der Waals surface area contributed by atoms with Gasteiger partial charge >= 0.3 is 0 Å². The number of carbonyl (C=O) groups excluding carboxylic acids is 2. The minimum Gasteiger partial charge on any atom is -0.266 e. The Kier molecular flexibility index (Phi) is 3.22. The monoisotopic (exact) mass is 239 g/mol. The van der Waals surface area contributed by atoms with Gasteiger partial charge < -0.3 is 0 Å². The van der Waals surface area contributed by atoms with Crippen LogP contribution in [0.1, 0.15) is 27.1 Å². The molecule has 1 aromatic carbocycles. The van der Waals surface area contributed by atoms with Crippen molar-refractivity contribution in [3.05, 3.63) is 35.4 Å². The summed E-state index contributed by atoms with van der Waals surface area (Å²) in [5.41, 5.74) is 0.775. The molecule has 1 heterocycles. The minimum atomic E-state index is -0.407. The summed E-state index contributed by atoms with van der Waals surface area (Å²) >= 11 is 5.48. The highest BCUT2D eigenvalue weighted by atomic mass is 35.5. The van der Waals surface area contributed by atoms with Crippen molar-refractivity contribution < 1.29 is 14.4 Å². The molecule has 2 rings (SSSR count). The zero-order valence-corrected chi connectivity index (χ0v) is 9.24. The standard InChI is InChI=1S/C11H10ClNO3/c12-6-3-7-16-13-10(14)8-4-1-2-5-9(8)11(13)15/h1-2,4-5H,3,6-7H2. The van der Waals surface area contributed by atoms with Gasteiger partial charge in [-0.05, 0) is 18.6 Å². The van der Waals surface area contributed by atoms with Gasteiger partial charge in [0.05, 0.1) is 17.7 Å². The lowest BCUT2D eigenvalue weighted by Crippen LogP contribution is -2.30. The van der Waals surface area contributed by atoms with Crippen molar-refractivity contribution in [1.82, 2.24) is 5.06 Å². The van der Waals surface area contributed by atoms with Gasteiger partial charge in [-0.2, -0.15) is 0 Å². The lowest BCUT2D eigenvalue weighted by molar-refractivity contribution is -0.0908. The number of hydrogen-bond donors (Lipinski definition) is 0. The predicted molar refractivity (Wildman–Crippen MR) is 58.2 cm³/mol. The normalized spacial score (nSPS) is 14.4. The van der Waals surface area contributed by atoms with Crippen LogP contribution < -0.4 is 0 Å². The van der Waals surface area contributed by atoms with E-state index in [1.165, 1.54) is 0 Å². The molecule has 1 aromatic rings. The van der Waals surface area contributed by atoms with Crippen LogP contribution >= 0.6 is 11.6 Å². The molecule has 0 aliphatic carbocycles. The Bertz CT molecular complexity index is 398. The van der Waals surface area contributed by atoms with E-state index in [0.29, 0.717) is 23.4 Å². The highest BCUT2D eigenvalue weighted by molar-refractivity contribution is 6.20. The lowest BCUT2D eigenvalue weighted by atomic mass is 10.1. The van der Waals surface area contributed by atoms with E-state index < -0.39 is 11.8 Å². The van der Waals surface area contributed by atoms with Gasteiger partial charge in [0.1, 0.15) is 0 Å². The van der Waals surface area contributed by atoms with Gasteiger partial charge in [0, 0.05) is 5.88 Å². The molecule has 0 spiro atoms. The smallest absolute Gasteiger partial charge is 0.266 e. The van der Waals surface area contributed by atoms with Crippen molar-refractivity contribution in [2.75, 3.05) is 12.5 Å². The van der Waals surface area contributed by atoms with E-state index >= 15 is 0 Å². The van der Waals surface area contributed by atoms with Crippen LogP contribution in [0.4, 0.5) is 0 Å². The second kappa shape index (κ2) is 4.63. The number of halogens is 1. The highest BCUT2D eigenvalue weighted by Gasteiger charge is 2.36. The van der Waals surface area contributed by atoms with E-state index in [-0.39, 0.29) is 6.61 Å². The Morgan fingerprint density at radius 1 is 1.12 bits per heavy atom. The molecule has 5 heteroatoms. The third-order valence-corrected chi connectivity index (χ3v) is 2.52. The quantitative estimate of drug-likeness (QED) is 0.458. The highest BCUT2D eigenvalue weighted by Crippen LogP contribution is 2.22. The lowest BCUT2D eigenvalue weighted by Gasteiger charge is -2.12. The van der Waals surface area contributed by atoms with Gasteiger partial charge in [0.2, 0.25) is 0 Å². The Morgan fingerprint density at radius 3 is 2.19 bits per heavy atom. The third kappa shape index (κ3) is 1.81. The van der Waals surface area contributed by atoms with Crippen molar-refractivity contribution in [3.63, 3.8) is 0 Å². The molecule has 0 atom stereocenters. The summed E-state index contributed by atoms with van der Waals surface area (Å²) in [4.78, 5) is 28.6. The third-order valence-electron chi connectivity index (χ3n) is 2.26. The first-order valence-electron chi connectivity index (χ1n) is 4.92. The Labute approximate surface area is 97.7 Å². The number of rotatable bonds is 4. The summed E-state index contributed by atoms with van der Waals surface area (Å²) in [5, 5.41) is 0.803. The maximum Gasteiger partial charge on any atom is 0.285 e. The number of fused-ring (bicyclic) bond motifs is 1. The summed E-state index contributed by atoms with van der Waals surface area (Å²) in [7, 11) is 0. The molecule has 0 fully saturated rings. The fraction of sp³-hybridized carbons (Fsp3) is 0.273. The zero-order chi connectivity index (χ0) is 11.5. The zero-order valence-electron chi connectivity index (χ0n) is 8.48. The van der Waals surface area contributed by atoms with Crippen molar-refractivity contribution in [2.45, 2.75) is 6.42 Å². The number of benzene rings is 1. The molecule has 0 N–H and O–H groups in total. The van der Waals surface area contributed by atoms with E-state index in [1.807, 2.05) is 0 Å². The average Bonchev–Trinajstić information content (AvgIpc) is 2.55. The molecule has 0 bridgehead atoms. The van der Waals surface area contributed by atoms with Crippen molar-refractivity contribution >= 4 is 23.4 Å². The molecular weight excluding hydrogens is 230 g/mol. The summed E-state index contributed by atoms with van der Waals surface area (Å²) in [6.45, 7) is 0.259. The van der Waals surface area contributed by atoms with Crippen LogP contribution in [0.5, 0.6) is 0 Å². The van der Waals surface area contributed by atoms with E-state index in [9.17, 15) is 9.59 Å². The second-order valence-corrected chi connectivity index (χ2v) is 3.70. The maximum absolute atomic E-state index is 11.7. The number of alkyl halides is 1. The topological polar surface area (TPSA) is 46.6 Å². The molecule has 0 saturated heterocycles. The van der Waals surface area contributed by atoms with Crippen molar-refractivity contribution in [2.24, 2.45) is 0 Å². The SMILES string of the molecule is O=C1c2ccccc2C(=O)N1OCCCCl. The van der Waals surface area contributed by atoms with Crippen LogP contribution in [-0.4, -0.2) is 29.4 Å². The molecule has 16 heavy (non-hydrogen) atoms. The molecule has 84 valence electrons. The average molecular weight is 240 g/mol. The predicted octanol–water partition coefficient (Wildman–Crippen LogP) is 1.84. The molecular formula is C11H10ClNO3. The molecule has 1 aliphatic heterocycles. The summed E-state index contributed by atoms with van der Waals surface area (Å²) in [5.74, 6) is -0.381. The van der Waals surface area contributed by atoms with Gasteiger partial charge in [0.15, 0.2) is 0 Å². The first-order valence-corrected chi connectivity index (χ1v) is 5.46. The van der Waals surface area contributed by atoms with Crippen LogP contribution in [0.3, 0.4) is 0 Å². The Hall–Kier alpha value is -1.39. The van der Waals surface area contributed by atoms with Gasteiger partial charge in [-0.25, -0.2) is 0 Å². The number of hydroxylamine groups is 2. The van der Waals surface area contributed by atoms with Gasteiger partial charge in [-0.1, -0.05) is 12.1 Å². The second-order valence-electron chi connectivity index (χ2n) is 3.33. The largest absolute Gasteiger partial charge is 0.285 e. The summed E-state index contributed by atoms with van der Waals surface area (Å²) in [6, 6.07) is 6.65. The van der Waals surface area contributed by atoms with E-state index in [0.717, 1.165) is 5.06 Å². The van der Waals surface area contributed by atoms with Gasteiger partial charge in [-0.15, -0.1) is 16.7 Å². The van der Waals surface area contributed by atoms with Crippen LogP contribution in [0.15, 0.2) is 24.3 Å². The molecule has 0 unspecified atom stereocenters.